The number of hydrogen-bond donors (Lipinski definition) is 3. The van der Waals surface area contributed by atoms with Crippen molar-refractivity contribution < 1.29 is 5.11 Å². The number of nitrogens with one attached hydrogen (secondary N) is 1. The third kappa shape index (κ3) is 3.30. The van der Waals surface area contributed by atoms with E-state index in [0.29, 0.717) is 11.3 Å². The summed E-state index contributed by atoms with van der Waals surface area (Å²) in [6, 6.07) is 16.1. The minimum absolute atomic E-state index is 0.198. The van der Waals surface area contributed by atoms with Crippen LogP contribution in [0.2, 0.25) is 0 Å². The lowest BCUT2D eigenvalue weighted by Crippen LogP contribution is -2.28. The summed E-state index contributed by atoms with van der Waals surface area (Å²) in [4.78, 5) is 0. The molecule has 0 unspecified atom stereocenters. The van der Waals surface area contributed by atoms with E-state index in [4.69, 9.17) is 5.73 Å². The Labute approximate surface area is 136 Å². The summed E-state index contributed by atoms with van der Waals surface area (Å²) in [6.07, 6.45) is 3.16. The van der Waals surface area contributed by atoms with Crippen LogP contribution in [0.3, 0.4) is 0 Å². The monoisotopic (exact) mass is 307 g/mol. The first-order valence-corrected chi connectivity index (χ1v) is 8.01. The first kappa shape index (κ1) is 15.4. The van der Waals surface area contributed by atoms with E-state index in [1.807, 2.05) is 42.5 Å². The van der Waals surface area contributed by atoms with Crippen LogP contribution in [0.15, 0.2) is 42.5 Å². The summed E-state index contributed by atoms with van der Waals surface area (Å²) < 4.78 is 0. The van der Waals surface area contributed by atoms with E-state index in [-0.39, 0.29) is 12.1 Å². The summed E-state index contributed by atoms with van der Waals surface area (Å²) in [5.74, 6) is 0. The Morgan fingerprint density at radius 2 is 1.74 bits per heavy atom. The molecule has 0 aliphatic heterocycles. The number of aliphatic hydroxyl groups is 1. The largest absolute Gasteiger partial charge is 0.397 e. The highest BCUT2D eigenvalue weighted by Crippen LogP contribution is 2.36. The molecule has 0 heterocycles. The zero-order valence-electron chi connectivity index (χ0n) is 13.0. The van der Waals surface area contributed by atoms with Crippen molar-refractivity contribution in [3.8, 4) is 17.2 Å². The van der Waals surface area contributed by atoms with Gasteiger partial charge in [-0.15, -0.1) is 0 Å². The average Bonchev–Trinajstić information content (AvgIpc) is 2.59. The maximum Gasteiger partial charge on any atom is 0.101 e. The van der Waals surface area contributed by atoms with Crippen LogP contribution in [0.4, 0.5) is 11.4 Å². The van der Waals surface area contributed by atoms with Crippen LogP contribution in [0.25, 0.3) is 11.1 Å². The van der Waals surface area contributed by atoms with Crippen LogP contribution in [-0.2, 0) is 0 Å². The highest BCUT2D eigenvalue weighted by atomic mass is 16.3. The van der Waals surface area contributed by atoms with Crippen LogP contribution < -0.4 is 11.1 Å². The number of nitrogen functional groups attached to an aromatic ring is 1. The number of nitrogens with two attached hydrogens (primary N) is 1. The molecule has 118 valence electrons. The Bertz CT molecular complexity index is 713. The van der Waals surface area contributed by atoms with E-state index >= 15 is 0 Å². The fourth-order valence-electron chi connectivity index (χ4n) is 3.16. The average molecular weight is 307 g/mol. The highest BCUT2D eigenvalue weighted by molar-refractivity contribution is 5.88. The molecule has 1 aliphatic rings. The van der Waals surface area contributed by atoms with Crippen molar-refractivity contribution in [2.45, 2.75) is 37.8 Å². The van der Waals surface area contributed by atoms with Gasteiger partial charge in [0.2, 0.25) is 0 Å². The van der Waals surface area contributed by atoms with Gasteiger partial charge in [0, 0.05) is 11.6 Å². The summed E-state index contributed by atoms with van der Waals surface area (Å²) in [6.45, 7) is 0. The lowest BCUT2D eigenvalue weighted by atomic mass is 9.92. The molecular formula is C19H21N3O. The zero-order valence-corrected chi connectivity index (χ0v) is 13.0. The lowest BCUT2D eigenvalue weighted by molar-refractivity contribution is 0.126. The highest BCUT2D eigenvalue weighted by Gasteiger charge is 2.21. The topological polar surface area (TPSA) is 82.1 Å². The second kappa shape index (κ2) is 6.72. The molecule has 23 heavy (non-hydrogen) atoms. The van der Waals surface area contributed by atoms with Gasteiger partial charge in [0.05, 0.1) is 23.0 Å². The fraction of sp³-hybridized carbons (Fsp3) is 0.316. The molecule has 0 amide bonds. The molecular weight excluding hydrogens is 286 g/mol. The first-order valence-electron chi connectivity index (χ1n) is 8.01. The molecule has 1 fully saturated rings. The molecule has 4 N–H and O–H groups in total. The normalized spacial score (nSPS) is 20.7. The van der Waals surface area contributed by atoms with Gasteiger partial charge in [-0.25, -0.2) is 0 Å². The molecule has 0 atom stereocenters. The maximum absolute atomic E-state index is 9.64. The fourth-order valence-corrected chi connectivity index (χ4v) is 3.16. The van der Waals surface area contributed by atoms with Gasteiger partial charge in [0.1, 0.15) is 6.07 Å². The SMILES string of the molecule is N#Cc1ccc(-c2ccccc2)c(N)c1NC1CCC(O)CC1. The van der Waals surface area contributed by atoms with Crippen molar-refractivity contribution in [3.63, 3.8) is 0 Å². The van der Waals surface area contributed by atoms with Crippen molar-refractivity contribution in [1.29, 1.82) is 5.26 Å². The van der Waals surface area contributed by atoms with Crippen LogP contribution >= 0.6 is 0 Å². The number of nitriles is 1. The molecule has 1 aliphatic carbocycles. The molecule has 4 heteroatoms. The lowest BCUT2D eigenvalue weighted by Gasteiger charge is -2.28. The van der Waals surface area contributed by atoms with E-state index in [1.54, 1.807) is 0 Å². The molecule has 1 saturated carbocycles. The van der Waals surface area contributed by atoms with Gasteiger partial charge in [-0.1, -0.05) is 36.4 Å². The van der Waals surface area contributed by atoms with Gasteiger partial charge in [-0.2, -0.15) is 5.26 Å². The van der Waals surface area contributed by atoms with Gasteiger partial charge < -0.3 is 16.2 Å². The molecule has 0 bridgehead atoms. The molecule has 2 aromatic rings. The van der Waals surface area contributed by atoms with Crippen molar-refractivity contribution in [2.24, 2.45) is 0 Å². The van der Waals surface area contributed by atoms with Crippen molar-refractivity contribution in [2.75, 3.05) is 11.1 Å². The summed E-state index contributed by atoms with van der Waals surface area (Å²) in [7, 11) is 0. The van der Waals surface area contributed by atoms with Crippen molar-refractivity contribution in [3.05, 3.63) is 48.0 Å². The third-order valence-electron chi connectivity index (χ3n) is 4.50. The van der Waals surface area contributed by atoms with E-state index in [1.165, 1.54) is 0 Å². The predicted molar refractivity (Wildman–Crippen MR) is 92.9 cm³/mol. The zero-order chi connectivity index (χ0) is 16.2. The standard InChI is InChI=1S/C19H21N3O/c20-12-14-6-11-17(13-4-2-1-3-5-13)18(21)19(14)22-15-7-9-16(23)10-8-15/h1-6,11,15-16,22-23H,7-10,21H2. The summed E-state index contributed by atoms with van der Waals surface area (Å²) in [5, 5.41) is 22.5. The number of aliphatic hydroxyl groups excluding tert-OH is 1. The molecule has 3 rings (SSSR count). The van der Waals surface area contributed by atoms with Gasteiger partial charge in [-0.3, -0.25) is 0 Å². The minimum Gasteiger partial charge on any atom is -0.397 e. The maximum atomic E-state index is 9.64. The van der Waals surface area contributed by atoms with Gasteiger partial charge in [-0.05, 0) is 37.3 Å². The number of benzene rings is 2. The Kier molecular flexibility index (Phi) is 4.50. The number of anilines is 2. The van der Waals surface area contributed by atoms with Crippen molar-refractivity contribution in [1.82, 2.24) is 0 Å². The number of rotatable bonds is 3. The Morgan fingerprint density at radius 1 is 1.04 bits per heavy atom. The predicted octanol–water partition coefficient (Wildman–Crippen LogP) is 3.52. The summed E-state index contributed by atoms with van der Waals surface area (Å²) >= 11 is 0. The van der Waals surface area contributed by atoms with E-state index < -0.39 is 0 Å². The second-order valence-electron chi connectivity index (χ2n) is 6.08. The molecule has 2 aromatic carbocycles. The van der Waals surface area contributed by atoms with Crippen LogP contribution in [0, 0.1) is 11.3 Å². The van der Waals surface area contributed by atoms with Gasteiger partial charge in [0.15, 0.2) is 0 Å². The molecule has 4 nitrogen and oxygen atoms in total. The molecule has 0 spiro atoms. The molecule has 0 aromatic heterocycles. The van der Waals surface area contributed by atoms with E-state index in [0.717, 1.165) is 42.5 Å². The Hall–Kier alpha value is -2.51. The second-order valence-corrected chi connectivity index (χ2v) is 6.08. The molecule has 0 saturated heterocycles. The minimum atomic E-state index is -0.198. The van der Waals surface area contributed by atoms with Gasteiger partial charge >= 0.3 is 0 Å². The third-order valence-corrected chi connectivity index (χ3v) is 4.50. The smallest absolute Gasteiger partial charge is 0.101 e. The Morgan fingerprint density at radius 3 is 2.39 bits per heavy atom. The van der Waals surface area contributed by atoms with E-state index in [9.17, 15) is 10.4 Å². The number of hydrogen-bond acceptors (Lipinski definition) is 4. The van der Waals surface area contributed by atoms with Crippen molar-refractivity contribution >= 4 is 11.4 Å². The number of nitrogens with zero attached hydrogens (tertiary/aromatic N) is 1. The first-order chi connectivity index (χ1) is 11.2. The van der Waals surface area contributed by atoms with E-state index in [2.05, 4.69) is 11.4 Å². The van der Waals surface area contributed by atoms with Crippen LogP contribution in [0.5, 0.6) is 0 Å². The Balaban J connectivity index is 1.93. The van der Waals surface area contributed by atoms with Crippen LogP contribution in [-0.4, -0.2) is 17.3 Å². The quantitative estimate of drug-likeness (QED) is 0.758. The van der Waals surface area contributed by atoms with Gasteiger partial charge in [0.25, 0.3) is 0 Å². The summed E-state index contributed by atoms with van der Waals surface area (Å²) in [5.41, 5.74) is 10.2. The van der Waals surface area contributed by atoms with Crippen LogP contribution in [0.1, 0.15) is 31.2 Å². The molecule has 0 radical (unpaired) electrons.